The first kappa shape index (κ1) is 20.0. The van der Waals surface area contributed by atoms with Gasteiger partial charge in [0.25, 0.3) is 0 Å². The lowest BCUT2D eigenvalue weighted by molar-refractivity contribution is -0.0625. The van der Waals surface area contributed by atoms with Gasteiger partial charge < -0.3 is 20.1 Å². The van der Waals surface area contributed by atoms with Crippen molar-refractivity contribution in [3.05, 3.63) is 42.0 Å². The third-order valence-electron chi connectivity index (χ3n) is 5.89. The van der Waals surface area contributed by atoms with Gasteiger partial charge in [-0.05, 0) is 56.2 Å². The molecular weight excluding hydrogens is 376 g/mol. The zero-order valence-electron chi connectivity index (χ0n) is 17.7. The highest BCUT2D eigenvalue weighted by Crippen LogP contribution is 2.40. The van der Waals surface area contributed by atoms with Gasteiger partial charge in [-0.1, -0.05) is 5.92 Å². The Hall–Kier alpha value is -3.30. The Morgan fingerprint density at radius 3 is 2.57 bits per heavy atom. The lowest BCUT2D eigenvalue weighted by Gasteiger charge is -2.44. The van der Waals surface area contributed by atoms with Crippen molar-refractivity contribution in [2.75, 3.05) is 31.4 Å². The smallest absolute Gasteiger partial charge is 0.156 e. The van der Waals surface area contributed by atoms with Crippen LogP contribution in [-0.4, -0.2) is 48.2 Å². The Bertz CT molecular complexity index is 1140. The summed E-state index contributed by atoms with van der Waals surface area (Å²) < 4.78 is 5.56. The Labute approximate surface area is 176 Å². The summed E-state index contributed by atoms with van der Waals surface area (Å²) in [6.45, 7) is 2.12. The zero-order chi connectivity index (χ0) is 21.5. The number of benzene rings is 2. The molecule has 1 aromatic heterocycles. The van der Waals surface area contributed by atoms with Gasteiger partial charge >= 0.3 is 0 Å². The van der Waals surface area contributed by atoms with Crippen molar-refractivity contribution in [3.8, 4) is 29.4 Å². The fraction of sp³-hybridized carbons (Fsp3) is 0.333. The number of anilines is 2. The van der Waals surface area contributed by atoms with E-state index in [4.69, 9.17) is 11.2 Å². The first-order valence-electron chi connectivity index (χ1n) is 9.93. The summed E-state index contributed by atoms with van der Waals surface area (Å²) in [6, 6.07) is 11.6. The van der Waals surface area contributed by atoms with Gasteiger partial charge in [0.05, 0.1) is 5.60 Å². The molecule has 30 heavy (non-hydrogen) atoms. The second-order valence-electron chi connectivity index (χ2n) is 8.30. The van der Waals surface area contributed by atoms with Crippen LogP contribution in [0.3, 0.4) is 0 Å². The van der Waals surface area contributed by atoms with Gasteiger partial charge in [-0.25, -0.2) is 0 Å². The Kier molecular flexibility index (Phi) is 5.00. The van der Waals surface area contributed by atoms with Crippen molar-refractivity contribution < 1.29 is 9.84 Å². The largest absolute Gasteiger partial charge is 0.507 e. The molecule has 6 heteroatoms. The molecule has 0 amide bonds. The molecule has 1 aliphatic rings. The summed E-state index contributed by atoms with van der Waals surface area (Å²) in [5.41, 5.74) is 2.82. The van der Waals surface area contributed by atoms with Crippen LogP contribution in [0.4, 0.5) is 11.5 Å². The zero-order valence-corrected chi connectivity index (χ0v) is 17.7. The topological polar surface area (TPSA) is 70.5 Å². The molecule has 0 aliphatic heterocycles. The van der Waals surface area contributed by atoms with Crippen LogP contribution < -0.4 is 10.2 Å². The molecule has 0 saturated heterocycles. The summed E-state index contributed by atoms with van der Waals surface area (Å²) in [5, 5.41) is 24.9. The molecule has 1 heterocycles. The van der Waals surface area contributed by atoms with E-state index in [2.05, 4.69) is 34.4 Å². The summed E-state index contributed by atoms with van der Waals surface area (Å²) in [7, 11) is 5.76. The van der Waals surface area contributed by atoms with Gasteiger partial charge in [-0.15, -0.1) is 16.6 Å². The van der Waals surface area contributed by atoms with E-state index in [0.717, 1.165) is 35.1 Å². The third kappa shape index (κ3) is 3.53. The lowest BCUT2D eigenvalue weighted by Crippen LogP contribution is -2.49. The maximum Gasteiger partial charge on any atom is 0.156 e. The summed E-state index contributed by atoms with van der Waals surface area (Å²) >= 11 is 0. The number of aromatic nitrogens is 2. The number of rotatable bonds is 5. The molecule has 0 bridgehead atoms. The van der Waals surface area contributed by atoms with E-state index >= 15 is 0 Å². The number of terminal acetylenes is 1. The van der Waals surface area contributed by atoms with Crippen molar-refractivity contribution in [2.45, 2.75) is 31.4 Å². The highest BCUT2D eigenvalue weighted by atomic mass is 16.5. The second-order valence-corrected chi connectivity index (χ2v) is 8.30. The Balaban J connectivity index is 1.80. The lowest BCUT2D eigenvalue weighted by atomic mass is 9.77. The van der Waals surface area contributed by atoms with Crippen molar-refractivity contribution in [1.82, 2.24) is 10.2 Å². The molecule has 1 saturated carbocycles. The van der Waals surface area contributed by atoms with Crippen molar-refractivity contribution in [2.24, 2.45) is 0 Å². The van der Waals surface area contributed by atoms with Gasteiger partial charge in [0.15, 0.2) is 5.82 Å². The molecule has 2 N–H and O–H groups in total. The van der Waals surface area contributed by atoms with Crippen molar-refractivity contribution >= 4 is 22.3 Å². The van der Waals surface area contributed by atoms with E-state index in [-0.39, 0.29) is 17.4 Å². The predicted octanol–water partition coefficient (Wildman–Crippen LogP) is 4.03. The minimum absolute atomic E-state index is 0.0831. The van der Waals surface area contributed by atoms with E-state index in [1.165, 1.54) is 0 Å². The average molecular weight is 402 g/mol. The number of aromatic hydroxyl groups is 1. The average Bonchev–Trinajstić information content (AvgIpc) is 2.72. The highest BCUT2D eigenvalue weighted by Gasteiger charge is 2.40. The third-order valence-corrected chi connectivity index (χ3v) is 5.89. The summed E-state index contributed by atoms with van der Waals surface area (Å²) in [6.07, 6.45) is 7.27. The molecule has 0 radical (unpaired) electrons. The molecule has 0 unspecified atom stereocenters. The first-order valence-corrected chi connectivity index (χ1v) is 9.93. The molecule has 4 rings (SSSR count). The molecule has 1 fully saturated rings. The van der Waals surface area contributed by atoms with Crippen LogP contribution in [0, 0.1) is 12.3 Å². The van der Waals surface area contributed by atoms with Gasteiger partial charge in [-0.3, -0.25) is 0 Å². The Morgan fingerprint density at radius 2 is 1.93 bits per heavy atom. The van der Waals surface area contributed by atoms with Crippen LogP contribution >= 0.6 is 0 Å². The molecular formula is C24H26N4O2. The standard InChI is InChI=1S/C24H26N4O2/c1-6-15-7-9-19(21(29)11-15)22-18-10-8-17(28(3)4)12-20(18)23(27-26-22)25-16-13-24(2,14-16)30-5/h1,7-12,16,29H,13-14H2,2-5H3,(H,25,27). The van der Waals surface area contributed by atoms with Crippen molar-refractivity contribution in [3.63, 3.8) is 0 Å². The monoisotopic (exact) mass is 402 g/mol. The van der Waals surface area contributed by atoms with Gasteiger partial charge in [0, 0.05) is 54.8 Å². The van der Waals surface area contributed by atoms with E-state index in [1.54, 1.807) is 25.3 Å². The molecule has 1 aliphatic carbocycles. The SMILES string of the molecule is C#Cc1ccc(-c2nnc(NC3CC(C)(OC)C3)c3cc(N(C)C)ccc23)c(O)c1. The molecule has 6 nitrogen and oxygen atoms in total. The van der Waals surface area contributed by atoms with Crippen LogP contribution in [-0.2, 0) is 4.74 Å². The van der Waals surface area contributed by atoms with Crippen molar-refractivity contribution in [1.29, 1.82) is 0 Å². The number of nitrogens with one attached hydrogen (secondary N) is 1. The first-order chi connectivity index (χ1) is 14.3. The molecule has 154 valence electrons. The second kappa shape index (κ2) is 7.51. The quantitative estimate of drug-likeness (QED) is 0.628. The number of ether oxygens (including phenoxy) is 1. The maximum atomic E-state index is 10.5. The predicted molar refractivity (Wildman–Crippen MR) is 121 cm³/mol. The number of methoxy groups -OCH3 is 1. The maximum absolute atomic E-state index is 10.5. The molecule has 3 aromatic rings. The minimum atomic E-state index is -0.0831. The number of hydrogen-bond acceptors (Lipinski definition) is 6. The minimum Gasteiger partial charge on any atom is -0.507 e. The number of fused-ring (bicyclic) bond motifs is 1. The van der Waals surface area contributed by atoms with Crippen LogP contribution in [0.1, 0.15) is 25.3 Å². The van der Waals surface area contributed by atoms with Crippen LogP contribution in [0.5, 0.6) is 5.75 Å². The summed E-state index contributed by atoms with van der Waals surface area (Å²) in [5.74, 6) is 3.36. The van der Waals surface area contributed by atoms with Crippen LogP contribution in [0.15, 0.2) is 36.4 Å². The van der Waals surface area contributed by atoms with Crippen LogP contribution in [0.2, 0.25) is 0 Å². The van der Waals surface area contributed by atoms with E-state index in [1.807, 2.05) is 31.1 Å². The van der Waals surface area contributed by atoms with Gasteiger partial charge in [-0.2, -0.15) is 0 Å². The van der Waals surface area contributed by atoms with E-state index in [9.17, 15) is 5.11 Å². The number of phenolic OH excluding ortho intramolecular Hbond substituents is 1. The van der Waals surface area contributed by atoms with Gasteiger partial charge in [0.2, 0.25) is 0 Å². The van der Waals surface area contributed by atoms with Gasteiger partial charge in [0.1, 0.15) is 11.4 Å². The fourth-order valence-corrected chi connectivity index (χ4v) is 3.99. The highest BCUT2D eigenvalue weighted by molar-refractivity contribution is 6.02. The molecule has 2 aromatic carbocycles. The van der Waals surface area contributed by atoms with Crippen LogP contribution in [0.25, 0.3) is 22.0 Å². The molecule has 0 atom stereocenters. The fourth-order valence-electron chi connectivity index (χ4n) is 3.99. The number of nitrogens with zero attached hydrogens (tertiary/aromatic N) is 3. The summed E-state index contributed by atoms with van der Waals surface area (Å²) in [4.78, 5) is 2.05. The Morgan fingerprint density at radius 1 is 1.17 bits per heavy atom. The van der Waals surface area contributed by atoms with E-state index < -0.39 is 0 Å². The number of hydrogen-bond donors (Lipinski definition) is 2. The number of phenols is 1. The molecule has 0 spiro atoms. The van der Waals surface area contributed by atoms with E-state index in [0.29, 0.717) is 16.8 Å². The normalized spacial score (nSPS) is 20.4.